The van der Waals surface area contributed by atoms with E-state index in [9.17, 15) is 14.4 Å². The first kappa shape index (κ1) is 14.8. The Morgan fingerprint density at radius 1 is 1.00 bits per heavy atom. The van der Waals surface area contributed by atoms with E-state index in [1.54, 1.807) is 24.3 Å². The van der Waals surface area contributed by atoms with Crippen molar-refractivity contribution < 1.29 is 23.5 Å². The smallest absolute Gasteiger partial charge is 0.350 e. The van der Waals surface area contributed by atoms with E-state index < -0.39 is 23.4 Å². The van der Waals surface area contributed by atoms with Crippen LogP contribution in [-0.4, -0.2) is 17.7 Å². The molecule has 1 aliphatic rings. The highest BCUT2D eigenvalue weighted by atomic mass is 16.7. The van der Waals surface area contributed by atoms with Gasteiger partial charge < -0.3 is 19.2 Å². The second-order valence-corrected chi connectivity index (χ2v) is 5.39. The maximum absolute atomic E-state index is 11.8. The molecule has 0 amide bonds. The van der Waals surface area contributed by atoms with Gasteiger partial charge in [-0.25, -0.2) is 14.4 Å². The molecule has 23 heavy (non-hydrogen) atoms. The average molecular weight is 315 g/mol. The summed E-state index contributed by atoms with van der Waals surface area (Å²) in [6.45, 7) is 2.95. The average Bonchev–Trinajstić information content (AvgIpc) is 2.45. The van der Waals surface area contributed by atoms with Gasteiger partial charge in [0.2, 0.25) is 0 Å². The van der Waals surface area contributed by atoms with Crippen LogP contribution in [-0.2, 0) is 19.1 Å². The van der Waals surface area contributed by atoms with E-state index in [2.05, 4.69) is 5.32 Å². The summed E-state index contributed by atoms with van der Waals surface area (Å²) in [5.41, 5.74) is 0.373. The minimum atomic E-state index is -1.27. The lowest BCUT2D eigenvalue weighted by Crippen LogP contribution is -2.42. The van der Waals surface area contributed by atoms with Crippen molar-refractivity contribution in [2.24, 2.45) is 0 Å². The lowest BCUT2D eigenvalue weighted by Gasteiger charge is -2.29. The van der Waals surface area contributed by atoms with Gasteiger partial charge in [-0.15, -0.1) is 0 Å². The minimum Gasteiger partial charge on any atom is -0.423 e. The molecule has 1 N–H and O–H groups in total. The zero-order valence-corrected chi connectivity index (χ0v) is 12.4. The van der Waals surface area contributed by atoms with E-state index in [1.165, 1.54) is 26.1 Å². The number of hydrogen-bond donors (Lipinski definition) is 1. The lowest BCUT2D eigenvalue weighted by molar-refractivity contribution is -0.222. The maximum Gasteiger partial charge on any atom is 0.350 e. The molecule has 0 spiro atoms. The molecule has 2 aromatic rings. The molecule has 0 unspecified atom stereocenters. The summed E-state index contributed by atoms with van der Waals surface area (Å²) < 4.78 is 15.0. The Labute approximate surface area is 130 Å². The van der Waals surface area contributed by atoms with Crippen molar-refractivity contribution in [3.63, 3.8) is 0 Å². The molecule has 1 saturated heterocycles. The zero-order chi connectivity index (χ0) is 16.6. The van der Waals surface area contributed by atoms with Crippen LogP contribution in [0.2, 0.25) is 0 Å². The molecule has 0 radical (unpaired) electrons. The van der Waals surface area contributed by atoms with Crippen molar-refractivity contribution in [1.82, 2.24) is 0 Å². The van der Waals surface area contributed by atoms with Crippen molar-refractivity contribution >= 4 is 28.6 Å². The molecular formula is C16H13NO6. The van der Waals surface area contributed by atoms with Crippen LogP contribution >= 0.6 is 0 Å². The Hall–Kier alpha value is -3.09. The molecule has 0 aliphatic carbocycles. The number of carbonyl (C=O) groups excluding carboxylic acids is 2. The first-order valence-electron chi connectivity index (χ1n) is 6.81. The monoisotopic (exact) mass is 315 g/mol. The molecule has 2 heterocycles. The Kier molecular flexibility index (Phi) is 3.40. The molecule has 118 valence electrons. The fourth-order valence-electron chi connectivity index (χ4n) is 2.10. The number of cyclic esters (lactones) is 2. The van der Waals surface area contributed by atoms with Gasteiger partial charge >= 0.3 is 17.6 Å². The topological polar surface area (TPSA) is 94.8 Å². The van der Waals surface area contributed by atoms with Crippen molar-refractivity contribution in [2.45, 2.75) is 19.6 Å². The van der Waals surface area contributed by atoms with Crippen LogP contribution in [0.5, 0.6) is 0 Å². The van der Waals surface area contributed by atoms with Gasteiger partial charge in [-0.2, -0.15) is 0 Å². The summed E-state index contributed by atoms with van der Waals surface area (Å²) in [5.74, 6) is -2.79. The van der Waals surface area contributed by atoms with Gasteiger partial charge in [0.05, 0.1) is 0 Å². The molecular weight excluding hydrogens is 302 g/mol. The van der Waals surface area contributed by atoms with Crippen molar-refractivity contribution in [2.75, 3.05) is 5.32 Å². The van der Waals surface area contributed by atoms with Gasteiger partial charge in [0, 0.05) is 37.2 Å². The third kappa shape index (κ3) is 3.08. The van der Waals surface area contributed by atoms with Crippen LogP contribution in [0.15, 0.2) is 51.3 Å². The number of ether oxygens (including phenoxy) is 2. The molecule has 1 aliphatic heterocycles. The van der Waals surface area contributed by atoms with Crippen LogP contribution in [0.3, 0.4) is 0 Å². The zero-order valence-electron chi connectivity index (χ0n) is 12.4. The molecule has 0 atom stereocenters. The maximum atomic E-state index is 11.8. The first-order valence-corrected chi connectivity index (χ1v) is 6.81. The quantitative estimate of drug-likeness (QED) is 0.391. The number of hydrogen-bond acceptors (Lipinski definition) is 7. The molecule has 1 aromatic heterocycles. The van der Waals surface area contributed by atoms with Crippen LogP contribution < -0.4 is 10.9 Å². The van der Waals surface area contributed by atoms with E-state index in [1.807, 2.05) is 0 Å². The van der Waals surface area contributed by atoms with Gasteiger partial charge in [-0.1, -0.05) is 0 Å². The largest absolute Gasteiger partial charge is 0.423 e. The Morgan fingerprint density at radius 2 is 1.70 bits per heavy atom. The Morgan fingerprint density at radius 3 is 2.39 bits per heavy atom. The van der Waals surface area contributed by atoms with Gasteiger partial charge in [-0.05, 0) is 24.3 Å². The molecule has 1 fully saturated rings. The van der Waals surface area contributed by atoms with Crippen LogP contribution in [0.25, 0.3) is 11.0 Å². The Bertz CT molecular complexity index is 871. The molecule has 7 heteroatoms. The number of benzene rings is 1. The highest BCUT2D eigenvalue weighted by Gasteiger charge is 2.38. The summed E-state index contributed by atoms with van der Waals surface area (Å²) in [6.07, 6.45) is 1.22. The fourth-order valence-corrected chi connectivity index (χ4v) is 2.10. The summed E-state index contributed by atoms with van der Waals surface area (Å²) in [4.78, 5) is 34.8. The summed E-state index contributed by atoms with van der Waals surface area (Å²) >= 11 is 0. The summed E-state index contributed by atoms with van der Waals surface area (Å²) in [6, 6.07) is 7.89. The number of fused-ring (bicyclic) bond motifs is 1. The highest BCUT2D eigenvalue weighted by Crippen LogP contribution is 2.23. The summed E-state index contributed by atoms with van der Waals surface area (Å²) in [7, 11) is 0. The number of anilines is 1. The number of carbonyl (C=O) groups is 2. The third-order valence-corrected chi connectivity index (χ3v) is 3.12. The summed E-state index contributed by atoms with van der Waals surface area (Å²) in [5, 5.41) is 3.52. The highest BCUT2D eigenvalue weighted by molar-refractivity contribution is 6.15. The second-order valence-electron chi connectivity index (χ2n) is 5.39. The van der Waals surface area contributed by atoms with E-state index >= 15 is 0 Å². The van der Waals surface area contributed by atoms with Crippen LogP contribution in [0.4, 0.5) is 5.69 Å². The Balaban J connectivity index is 1.85. The number of esters is 2. The van der Waals surface area contributed by atoms with E-state index in [0.717, 1.165) is 0 Å². The van der Waals surface area contributed by atoms with E-state index in [0.29, 0.717) is 16.7 Å². The van der Waals surface area contributed by atoms with Crippen LogP contribution in [0, 0.1) is 0 Å². The normalized spacial score (nSPS) is 16.7. The fraction of sp³-hybridized carbons (Fsp3) is 0.188. The molecule has 1 aromatic carbocycles. The predicted octanol–water partition coefficient (Wildman–Crippen LogP) is 1.92. The van der Waals surface area contributed by atoms with E-state index in [-0.39, 0.29) is 5.57 Å². The van der Waals surface area contributed by atoms with Gasteiger partial charge in [-0.3, -0.25) is 0 Å². The van der Waals surface area contributed by atoms with Crippen molar-refractivity contribution in [3.05, 3.63) is 52.5 Å². The van der Waals surface area contributed by atoms with Gasteiger partial charge in [0.25, 0.3) is 5.79 Å². The standard InChI is InChI=1S/C16H13NO6/c1-16(2)22-14(19)11(15(20)23-16)8-17-10-4-5-12-9(7-10)3-6-13(18)21-12/h3-8,17H,1-2H3. The first-order chi connectivity index (χ1) is 10.8. The second kappa shape index (κ2) is 5.28. The SMILES string of the molecule is CC1(C)OC(=O)C(=CNc2ccc3oc(=O)ccc3c2)C(=O)O1. The van der Waals surface area contributed by atoms with E-state index in [4.69, 9.17) is 13.9 Å². The molecule has 0 saturated carbocycles. The molecule has 3 rings (SSSR count). The lowest BCUT2D eigenvalue weighted by atomic mass is 10.2. The van der Waals surface area contributed by atoms with Gasteiger partial charge in [0.15, 0.2) is 5.57 Å². The number of rotatable bonds is 2. The van der Waals surface area contributed by atoms with Crippen molar-refractivity contribution in [1.29, 1.82) is 0 Å². The third-order valence-electron chi connectivity index (χ3n) is 3.12. The van der Waals surface area contributed by atoms with Crippen molar-refractivity contribution in [3.8, 4) is 0 Å². The van der Waals surface area contributed by atoms with Crippen LogP contribution in [0.1, 0.15) is 13.8 Å². The molecule has 7 nitrogen and oxygen atoms in total. The van der Waals surface area contributed by atoms with Gasteiger partial charge in [0.1, 0.15) is 5.58 Å². The number of nitrogens with one attached hydrogen (secondary N) is 1. The predicted molar refractivity (Wildman–Crippen MR) is 80.5 cm³/mol. The molecule has 0 bridgehead atoms. The minimum absolute atomic E-state index is 0.232.